The molecule has 0 saturated carbocycles. The van der Waals surface area contributed by atoms with Gasteiger partial charge in [0.05, 0.1) is 0 Å². The summed E-state index contributed by atoms with van der Waals surface area (Å²) >= 11 is 3.38. The highest BCUT2D eigenvalue weighted by atomic mass is 79.9. The maximum absolute atomic E-state index is 12.0. The maximum Gasteiger partial charge on any atom is 0.162 e. The highest BCUT2D eigenvalue weighted by Crippen LogP contribution is 2.20. The van der Waals surface area contributed by atoms with Crippen LogP contribution in [-0.4, -0.2) is 11.1 Å². The molecule has 0 radical (unpaired) electrons. The summed E-state index contributed by atoms with van der Waals surface area (Å²) in [5.74, 6) is 0.237. The van der Waals surface area contributed by atoms with Gasteiger partial charge >= 0.3 is 0 Å². The lowest BCUT2D eigenvalue weighted by Crippen LogP contribution is -1.98. The summed E-state index contributed by atoms with van der Waals surface area (Å²) in [5.41, 5.74) is 3.15. The molecule has 19 heavy (non-hydrogen) atoms. The predicted octanol–water partition coefficient (Wildman–Crippen LogP) is 5.10. The topological polar surface area (TPSA) is 17.1 Å². The Morgan fingerprint density at radius 1 is 0.842 bits per heavy atom. The zero-order chi connectivity index (χ0) is 13.5. The van der Waals surface area contributed by atoms with E-state index in [1.807, 2.05) is 42.5 Å². The van der Waals surface area contributed by atoms with Crippen LogP contribution in [0.2, 0.25) is 0 Å². The molecule has 0 fully saturated rings. The van der Waals surface area contributed by atoms with E-state index in [-0.39, 0.29) is 5.78 Å². The van der Waals surface area contributed by atoms with Gasteiger partial charge in [-0.2, -0.15) is 0 Å². The lowest BCUT2D eigenvalue weighted by molar-refractivity contribution is 0.0980. The van der Waals surface area contributed by atoms with Crippen molar-refractivity contribution in [1.82, 2.24) is 0 Å². The number of carbonyl (C=O) groups excluding carboxylic acids is 1. The first-order valence-electron chi connectivity index (χ1n) is 6.56. The first-order chi connectivity index (χ1) is 9.31. The summed E-state index contributed by atoms with van der Waals surface area (Å²) in [6.45, 7) is 0. The van der Waals surface area contributed by atoms with Gasteiger partial charge in [0, 0.05) is 17.3 Å². The second-order valence-corrected chi connectivity index (χ2v) is 5.31. The van der Waals surface area contributed by atoms with Crippen molar-refractivity contribution in [1.29, 1.82) is 0 Å². The number of alkyl halides is 1. The molecule has 98 valence electrons. The normalized spacial score (nSPS) is 10.4. The van der Waals surface area contributed by atoms with Crippen LogP contribution in [0.25, 0.3) is 11.1 Å². The molecule has 0 aliphatic carbocycles. The number of halogens is 1. The molecule has 0 N–H and O–H groups in total. The summed E-state index contributed by atoms with van der Waals surface area (Å²) in [4.78, 5) is 12.0. The second-order valence-electron chi connectivity index (χ2n) is 4.51. The van der Waals surface area contributed by atoms with E-state index in [2.05, 4.69) is 28.1 Å². The van der Waals surface area contributed by atoms with Gasteiger partial charge in [0.1, 0.15) is 0 Å². The molecular weight excluding hydrogens is 300 g/mol. The number of hydrogen-bond acceptors (Lipinski definition) is 1. The lowest BCUT2D eigenvalue weighted by atomic mass is 10.0. The molecule has 0 spiro atoms. The molecule has 0 aliphatic heterocycles. The van der Waals surface area contributed by atoms with Crippen LogP contribution in [0.15, 0.2) is 54.6 Å². The Kier molecular flexibility index (Phi) is 5.34. The predicted molar refractivity (Wildman–Crippen MR) is 83.9 cm³/mol. The van der Waals surface area contributed by atoms with Crippen molar-refractivity contribution >= 4 is 21.7 Å². The fraction of sp³-hybridized carbons (Fsp3) is 0.235. The Morgan fingerprint density at radius 2 is 1.47 bits per heavy atom. The highest BCUT2D eigenvalue weighted by molar-refractivity contribution is 9.09. The van der Waals surface area contributed by atoms with Crippen LogP contribution in [0, 0.1) is 0 Å². The van der Waals surface area contributed by atoms with Crippen LogP contribution < -0.4 is 0 Å². The number of benzene rings is 2. The Hall–Kier alpha value is -1.41. The average Bonchev–Trinajstić information content (AvgIpc) is 2.48. The molecule has 0 aromatic heterocycles. The fourth-order valence-electron chi connectivity index (χ4n) is 2.00. The number of ketones is 1. The Bertz CT molecular complexity index is 517. The molecule has 2 rings (SSSR count). The molecular formula is C17H17BrO. The SMILES string of the molecule is O=C(CCCCBr)c1ccc(-c2ccccc2)cc1. The van der Waals surface area contributed by atoms with Gasteiger partial charge in [-0.1, -0.05) is 70.5 Å². The van der Waals surface area contributed by atoms with Crippen molar-refractivity contribution < 1.29 is 4.79 Å². The Labute approximate surface area is 122 Å². The van der Waals surface area contributed by atoms with Gasteiger partial charge in [-0.3, -0.25) is 4.79 Å². The molecule has 2 heteroatoms. The minimum Gasteiger partial charge on any atom is -0.294 e. The monoisotopic (exact) mass is 316 g/mol. The molecule has 2 aromatic carbocycles. The molecule has 0 saturated heterocycles. The largest absolute Gasteiger partial charge is 0.294 e. The van der Waals surface area contributed by atoms with Crippen LogP contribution in [-0.2, 0) is 0 Å². The van der Waals surface area contributed by atoms with E-state index in [1.54, 1.807) is 0 Å². The van der Waals surface area contributed by atoms with E-state index in [4.69, 9.17) is 0 Å². The Morgan fingerprint density at radius 3 is 2.11 bits per heavy atom. The van der Waals surface area contributed by atoms with Gasteiger partial charge in [0.15, 0.2) is 5.78 Å². The van der Waals surface area contributed by atoms with Gasteiger partial charge < -0.3 is 0 Å². The molecule has 0 aliphatic rings. The fourth-order valence-corrected chi connectivity index (χ4v) is 2.40. The van der Waals surface area contributed by atoms with Crippen LogP contribution in [0.3, 0.4) is 0 Å². The van der Waals surface area contributed by atoms with Crippen molar-refractivity contribution in [3.05, 3.63) is 60.2 Å². The van der Waals surface area contributed by atoms with E-state index in [0.29, 0.717) is 6.42 Å². The third-order valence-corrected chi connectivity index (χ3v) is 3.66. The van der Waals surface area contributed by atoms with Gasteiger partial charge in [-0.25, -0.2) is 0 Å². The smallest absolute Gasteiger partial charge is 0.162 e. The first-order valence-corrected chi connectivity index (χ1v) is 7.68. The maximum atomic E-state index is 12.0. The minimum atomic E-state index is 0.237. The van der Waals surface area contributed by atoms with Crippen molar-refractivity contribution in [2.75, 3.05) is 5.33 Å². The molecule has 1 nitrogen and oxygen atoms in total. The Balaban J connectivity index is 2.04. The summed E-state index contributed by atoms with van der Waals surface area (Å²) in [6.07, 6.45) is 2.63. The summed E-state index contributed by atoms with van der Waals surface area (Å²) in [6, 6.07) is 18.1. The number of carbonyl (C=O) groups is 1. The van der Waals surface area contributed by atoms with E-state index < -0.39 is 0 Å². The molecule has 0 amide bonds. The van der Waals surface area contributed by atoms with Crippen LogP contribution >= 0.6 is 15.9 Å². The molecule has 0 unspecified atom stereocenters. The zero-order valence-corrected chi connectivity index (χ0v) is 12.4. The molecule has 0 atom stereocenters. The van der Waals surface area contributed by atoms with Gasteiger partial charge in [-0.15, -0.1) is 0 Å². The van der Waals surface area contributed by atoms with Crippen molar-refractivity contribution in [3.8, 4) is 11.1 Å². The van der Waals surface area contributed by atoms with E-state index in [9.17, 15) is 4.79 Å². The number of rotatable bonds is 6. The number of Topliss-reactive ketones (excluding diaryl/α,β-unsaturated/α-hetero) is 1. The minimum absolute atomic E-state index is 0.237. The van der Waals surface area contributed by atoms with Crippen molar-refractivity contribution in [2.45, 2.75) is 19.3 Å². The third-order valence-electron chi connectivity index (χ3n) is 3.10. The van der Waals surface area contributed by atoms with Crippen LogP contribution in [0.4, 0.5) is 0 Å². The molecule has 0 heterocycles. The summed E-state index contributed by atoms with van der Waals surface area (Å²) in [5, 5.41) is 0.966. The molecule has 2 aromatic rings. The molecule has 0 bridgehead atoms. The van der Waals surface area contributed by atoms with Crippen molar-refractivity contribution in [3.63, 3.8) is 0 Å². The van der Waals surface area contributed by atoms with E-state index in [1.165, 1.54) is 5.56 Å². The van der Waals surface area contributed by atoms with Crippen LogP contribution in [0.1, 0.15) is 29.6 Å². The summed E-state index contributed by atoms with van der Waals surface area (Å²) < 4.78 is 0. The quantitative estimate of drug-likeness (QED) is 0.411. The standard InChI is InChI=1S/C17H17BrO/c18-13-5-4-8-17(19)16-11-9-15(10-12-16)14-6-2-1-3-7-14/h1-3,6-7,9-12H,4-5,8,13H2. The van der Waals surface area contributed by atoms with Gasteiger partial charge in [0.2, 0.25) is 0 Å². The zero-order valence-electron chi connectivity index (χ0n) is 10.8. The van der Waals surface area contributed by atoms with Gasteiger partial charge in [0.25, 0.3) is 0 Å². The number of hydrogen-bond donors (Lipinski definition) is 0. The second kappa shape index (κ2) is 7.25. The van der Waals surface area contributed by atoms with E-state index >= 15 is 0 Å². The van der Waals surface area contributed by atoms with Crippen molar-refractivity contribution in [2.24, 2.45) is 0 Å². The average molecular weight is 317 g/mol. The van der Waals surface area contributed by atoms with Crippen LogP contribution in [0.5, 0.6) is 0 Å². The van der Waals surface area contributed by atoms with Gasteiger partial charge in [-0.05, 0) is 24.0 Å². The first kappa shape index (κ1) is 14.0. The number of unbranched alkanes of at least 4 members (excludes halogenated alkanes) is 1. The lowest BCUT2D eigenvalue weighted by Gasteiger charge is -2.04. The summed E-state index contributed by atoms with van der Waals surface area (Å²) in [7, 11) is 0. The highest BCUT2D eigenvalue weighted by Gasteiger charge is 2.05. The third kappa shape index (κ3) is 4.03. The van der Waals surface area contributed by atoms with E-state index in [0.717, 1.165) is 29.3 Å².